The third-order valence-electron chi connectivity index (χ3n) is 5.06. The molecule has 1 saturated heterocycles. The van der Waals surface area contributed by atoms with E-state index in [2.05, 4.69) is 6.07 Å². The first-order valence-electron chi connectivity index (χ1n) is 9.43. The number of likely N-dealkylation sites (tertiary alicyclic amines) is 1. The standard InChI is InChI=1S/C21H25ClN2O.CH2O2/c22-19-8-4-7-17(13-19)14-20(23)18-9-11-24(12-10-18)21(25)15-16-5-2-1-3-6-16;2-1-3/h1-8,13,18,20H,9-12,14-15,23H2;1H,(H,2,3). The number of hydrogen-bond donors (Lipinski definition) is 2. The Morgan fingerprint density at radius 1 is 1.14 bits per heavy atom. The Morgan fingerprint density at radius 3 is 2.36 bits per heavy atom. The Hall–Kier alpha value is -2.37. The average Bonchev–Trinajstić information content (AvgIpc) is 2.69. The topological polar surface area (TPSA) is 83.6 Å². The van der Waals surface area contributed by atoms with Gasteiger partial charge < -0.3 is 15.7 Å². The molecule has 28 heavy (non-hydrogen) atoms. The molecule has 0 saturated carbocycles. The van der Waals surface area contributed by atoms with Crippen molar-refractivity contribution in [3.05, 3.63) is 70.7 Å². The van der Waals surface area contributed by atoms with Crippen LogP contribution in [0.5, 0.6) is 0 Å². The van der Waals surface area contributed by atoms with Gasteiger partial charge in [-0.1, -0.05) is 54.1 Å². The van der Waals surface area contributed by atoms with E-state index in [4.69, 9.17) is 27.2 Å². The molecular weight excluding hydrogens is 376 g/mol. The number of benzene rings is 2. The van der Waals surface area contributed by atoms with E-state index >= 15 is 0 Å². The lowest BCUT2D eigenvalue weighted by atomic mass is 9.86. The van der Waals surface area contributed by atoms with Crippen molar-refractivity contribution in [1.82, 2.24) is 4.90 Å². The molecule has 5 nitrogen and oxygen atoms in total. The van der Waals surface area contributed by atoms with Crippen LogP contribution in [0.3, 0.4) is 0 Å². The molecule has 1 heterocycles. The summed E-state index contributed by atoms with van der Waals surface area (Å²) in [7, 11) is 0. The molecule has 1 fully saturated rings. The third-order valence-corrected chi connectivity index (χ3v) is 5.29. The summed E-state index contributed by atoms with van der Waals surface area (Å²) in [5.74, 6) is 0.674. The Labute approximate surface area is 171 Å². The number of rotatable bonds is 5. The zero-order valence-electron chi connectivity index (χ0n) is 15.8. The Bertz CT molecular complexity index is 746. The first-order chi connectivity index (χ1) is 13.5. The van der Waals surface area contributed by atoms with Crippen LogP contribution >= 0.6 is 11.6 Å². The number of nitrogens with two attached hydrogens (primary N) is 1. The van der Waals surface area contributed by atoms with Crippen molar-refractivity contribution >= 4 is 24.0 Å². The van der Waals surface area contributed by atoms with Crippen molar-refractivity contribution in [2.75, 3.05) is 13.1 Å². The molecule has 1 atom stereocenters. The van der Waals surface area contributed by atoms with Gasteiger partial charge in [-0.25, -0.2) is 0 Å². The zero-order valence-corrected chi connectivity index (χ0v) is 16.6. The molecule has 1 aliphatic heterocycles. The second-order valence-corrected chi connectivity index (χ2v) is 7.42. The molecule has 0 radical (unpaired) electrons. The van der Waals surface area contributed by atoms with Gasteiger partial charge in [-0.3, -0.25) is 9.59 Å². The van der Waals surface area contributed by atoms with E-state index in [9.17, 15) is 4.79 Å². The lowest BCUT2D eigenvalue weighted by Gasteiger charge is -2.35. The molecule has 0 aliphatic carbocycles. The van der Waals surface area contributed by atoms with Gasteiger partial charge in [0.1, 0.15) is 0 Å². The SMILES string of the molecule is NC(Cc1cccc(Cl)c1)C1CCN(C(=O)Cc2ccccc2)CC1.O=CO. The molecule has 0 spiro atoms. The monoisotopic (exact) mass is 402 g/mol. The second-order valence-electron chi connectivity index (χ2n) is 6.98. The maximum absolute atomic E-state index is 12.5. The largest absolute Gasteiger partial charge is 0.483 e. The minimum absolute atomic E-state index is 0.116. The van der Waals surface area contributed by atoms with Crippen molar-refractivity contribution in [3.63, 3.8) is 0 Å². The van der Waals surface area contributed by atoms with E-state index in [1.54, 1.807) is 0 Å². The van der Waals surface area contributed by atoms with E-state index in [1.807, 2.05) is 53.4 Å². The summed E-state index contributed by atoms with van der Waals surface area (Å²) in [6.07, 6.45) is 3.27. The summed E-state index contributed by atoms with van der Waals surface area (Å²) in [5.41, 5.74) is 8.69. The van der Waals surface area contributed by atoms with E-state index in [1.165, 1.54) is 5.56 Å². The van der Waals surface area contributed by atoms with Crippen LogP contribution in [0.25, 0.3) is 0 Å². The summed E-state index contributed by atoms with van der Waals surface area (Å²) in [4.78, 5) is 22.8. The number of carboxylic acid groups (broad SMARTS) is 1. The van der Waals surface area contributed by atoms with E-state index < -0.39 is 0 Å². The van der Waals surface area contributed by atoms with Gasteiger partial charge in [0.05, 0.1) is 6.42 Å². The quantitative estimate of drug-likeness (QED) is 0.751. The number of nitrogens with zero attached hydrogens (tertiary/aromatic N) is 1. The molecule has 6 heteroatoms. The Balaban J connectivity index is 0.000000878. The maximum Gasteiger partial charge on any atom is 0.290 e. The number of amides is 1. The van der Waals surface area contributed by atoms with Gasteiger partial charge in [-0.2, -0.15) is 0 Å². The van der Waals surface area contributed by atoms with Gasteiger partial charge >= 0.3 is 0 Å². The van der Waals surface area contributed by atoms with Crippen molar-refractivity contribution in [2.24, 2.45) is 11.7 Å². The molecule has 1 amide bonds. The molecule has 1 unspecified atom stereocenters. The van der Waals surface area contributed by atoms with Crippen LogP contribution in [0.1, 0.15) is 24.0 Å². The van der Waals surface area contributed by atoms with Crippen molar-refractivity contribution in [1.29, 1.82) is 0 Å². The normalized spacial score (nSPS) is 15.3. The van der Waals surface area contributed by atoms with Gasteiger partial charge in [0.15, 0.2) is 0 Å². The minimum atomic E-state index is -0.250. The fourth-order valence-corrected chi connectivity index (χ4v) is 3.77. The van der Waals surface area contributed by atoms with Crippen LogP contribution in [0.4, 0.5) is 0 Å². The molecule has 2 aromatic carbocycles. The number of carbonyl (C=O) groups excluding carboxylic acids is 1. The average molecular weight is 403 g/mol. The highest BCUT2D eigenvalue weighted by Gasteiger charge is 2.26. The van der Waals surface area contributed by atoms with Gasteiger partial charge in [-0.05, 0) is 48.4 Å². The number of halogens is 1. The van der Waals surface area contributed by atoms with Gasteiger partial charge in [0.25, 0.3) is 6.47 Å². The first kappa shape index (κ1) is 21.9. The van der Waals surface area contributed by atoms with Gasteiger partial charge in [0.2, 0.25) is 5.91 Å². The molecular formula is C22H27ClN2O3. The summed E-state index contributed by atoms with van der Waals surface area (Å²) < 4.78 is 0. The summed E-state index contributed by atoms with van der Waals surface area (Å²) >= 11 is 6.05. The van der Waals surface area contributed by atoms with Crippen molar-refractivity contribution in [2.45, 2.75) is 31.7 Å². The fraction of sp³-hybridized carbons (Fsp3) is 0.364. The number of carbonyl (C=O) groups is 2. The lowest BCUT2D eigenvalue weighted by Crippen LogP contribution is -2.44. The Kier molecular flexibility index (Phi) is 8.98. The van der Waals surface area contributed by atoms with Crippen LogP contribution < -0.4 is 5.73 Å². The molecule has 3 rings (SSSR count). The van der Waals surface area contributed by atoms with Crippen LogP contribution in [-0.2, 0) is 22.4 Å². The number of piperidine rings is 1. The summed E-state index contributed by atoms with van der Waals surface area (Å²) in [6.45, 7) is 1.36. The predicted octanol–water partition coefficient (Wildman–Crippen LogP) is 3.39. The highest BCUT2D eigenvalue weighted by molar-refractivity contribution is 6.30. The van der Waals surface area contributed by atoms with E-state index in [0.717, 1.165) is 42.9 Å². The van der Waals surface area contributed by atoms with Gasteiger partial charge in [-0.15, -0.1) is 0 Å². The number of hydrogen-bond acceptors (Lipinski definition) is 3. The van der Waals surface area contributed by atoms with Crippen LogP contribution in [-0.4, -0.2) is 41.5 Å². The van der Waals surface area contributed by atoms with Crippen molar-refractivity contribution < 1.29 is 14.7 Å². The third kappa shape index (κ3) is 6.98. The molecule has 0 bridgehead atoms. The molecule has 2 aromatic rings. The summed E-state index contributed by atoms with van der Waals surface area (Å²) in [6, 6.07) is 18.0. The molecule has 3 N–H and O–H groups in total. The second kappa shape index (κ2) is 11.5. The zero-order chi connectivity index (χ0) is 20.4. The van der Waals surface area contributed by atoms with Crippen LogP contribution in [0.2, 0.25) is 5.02 Å². The molecule has 150 valence electrons. The predicted molar refractivity (Wildman–Crippen MR) is 111 cm³/mol. The molecule has 1 aliphatic rings. The first-order valence-corrected chi connectivity index (χ1v) is 9.81. The van der Waals surface area contributed by atoms with Crippen molar-refractivity contribution in [3.8, 4) is 0 Å². The minimum Gasteiger partial charge on any atom is -0.483 e. The summed E-state index contributed by atoms with van der Waals surface area (Å²) in [5, 5.41) is 7.64. The fourth-order valence-electron chi connectivity index (χ4n) is 3.56. The van der Waals surface area contributed by atoms with Crippen LogP contribution in [0, 0.1) is 5.92 Å². The van der Waals surface area contributed by atoms with Gasteiger partial charge in [0, 0.05) is 24.2 Å². The van der Waals surface area contributed by atoms with Crippen LogP contribution in [0.15, 0.2) is 54.6 Å². The maximum atomic E-state index is 12.5. The smallest absolute Gasteiger partial charge is 0.290 e. The van der Waals surface area contributed by atoms with E-state index in [-0.39, 0.29) is 18.4 Å². The highest BCUT2D eigenvalue weighted by atomic mass is 35.5. The Morgan fingerprint density at radius 2 is 1.75 bits per heavy atom. The van der Waals surface area contributed by atoms with E-state index in [0.29, 0.717) is 12.3 Å². The molecule has 0 aromatic heterocycles. The lowest BCUT2D eigenvalue weighted by molar-refractivity contribution is -0.132. The highest BCUT2D eigenvalue weighted by Crippen LogP contribution is 2.23.